The zero-order valence-electron chi connectivity index (χ0n) is 16.9. The maximum absolute atomic E-state index is 12.1. The fourth-order valence-corrected chi connectivity index (χ4v) is 3.99. The van der Waals surface area contributed by atoms with Crippen molar-refractivity contribution < 1.29 is 24.2 Å². The number of ether oxygens (including phenoxy) is 2. The van der Waals surface area contributed by atoms with E-state index >= 15 is 0 Å². The molecular weight excluding hydrogens is 392 g/mol. The number of fused-ring (bicyclic) bond motifs is 1. The van der Waals surface area contributed by atoms with Gasteiger partial charge in [-0.15, -0.1) is 11.3 Å². The molecule has 3 rings (SSSR count). The van der Waals surface area contributed by atoms with E-state index in [-0.39, 0.29) is 23.8 Å². The van der Waals surface area contributed by atoms with Gasteiger partial charge in [0.1, 0.15) is 23.7 Å². The highest BCUT2D eigenvalue weighted by molar-refractivity contribution is 7.15. The van der Waals surface area contributed by atoms with Crippen LogP contribution >= 0.6 is 11.3 Å². The summed E-state index contributed by atoms with van der Waals surface area (Å²) in [5, 5.41) is 14.0. The monoisotopic (exact) mass is 416 g/mol. The Morgan fingerprint density at radius 3 is 2.83 bits per heavy atom. The van der Waals surface area contributed by atoms with Crippen LogP contribution in [0.5, 0.6) is 11.5 Å². The average molecular weight is 416 g/mol. The number of carbonyl (C=O) groups is 2. The lowest BCUT2D eigenvalue weighted by atomic mass is 9.94. The number of methoxy groups -OCH3 is 1. The maximum Gasteiger partial charge on any atom is 0.342 e. The number of cyclic esters (lactones) is 1. The molecule has 2 N–H and O–H groups in total. The minimum absolute atomic E-state index is 0.0918. The molecule has 1 aliphatic rings. The molecule has 1 amide bonds. The molecule has 1 aromatic carbocycles. The fourth-order valence-electron chi connectivity index (χ4n) is 3.31. The van der Waals surface area contributed by atoms with Crippen LogP contribution in [0.15, 0.2) is 17.8 Å². The number of esters is 1. The van der Waals surface area contributed by atoms with Crippen molar-refractivity contribution in [3.63, 3.8) is 0 Å². The van der Waals surface area contributed by atoms with Crippen LogP contribution in [-0.4, -0.2) is 29.1 Å². The lowest BCUT2D eigenvalue weighted by molar-refractivity contribution is -0.116. The van der Waals surface area contributed by atoms with E-state index in [4.69, 9.17) is 9.47 Å². The minimum Gasteiger partial charge on any atom is -0.507 e. The number of phenols is 1. The number of thiazole rings is 1. The van der Waals surface area contributed by atoms with E-state index in [2.05, 4.69) is 10.3 Å². The number of aromatic nitrogens is 1. The first-order chi connectivity index (χ1) is 13.8. The zero-order chi connectivity index (χ0) is 21.1. The first kappa shape index (κ1) is 20.9. The van der Waals surface area contributed by atoms with Crippen LogP contribution in [0.2, 0.25) is 0 Å². The molecule has 0 saturated carbocycles. The van der Waals surface area contributed by atoms with Crippen LogP contribution in [0.3, 0.4) is 0 Å². The Labute approximate surface area is 173 Å². The molecular formula is C21H24N2O5S. The molecule has 1 aliphatic heterocycles. The Morgan fingerprint density at radius 2 is 2.17 bits per heavy atom. The molecule has 2 aromatic rings. The van der Waals surface area contributed by atoms with Crippen molar-refractivity contribution in [2.24, 2.45) is 0 Å². The second-order valence-corrected chi connectivity index (χ2v) is 8.23. The molecule has 2 heterocycles. The van der Waals surface area contributed by atoms with E-state index < -0.39 is 5.97 Å². The van der Waals surface area contributed by atoms with Crippen LogP contribution in [0, 0.1) is 13.8 Å². The summed E-state index contributed by atoms with van der Waals surface area (Å²) in [6, 6.07) is 0. The van der Waals surface area contributed by atoms with E-state index in [1.54, 1.807) is 6.20 Å². The molecule has 0 unspecified atom stereocenters. The smallest absolute Gasteiger partial charge is 0.342 e. The van der Waals surface area contributed by atoms with Crippen molar-refractivity contribution in [3.8, 4) is 11.5 Å². The van der Waals surface area contributed by atoms with Gasteiger partial charge in [-0.2, -0.15) is 0 Å². The van der Waals surface area contributed by atoms with E-state index in [0.717, 1.165) is 16.0 Å². The van der Waals surface area contributed by atoms with Crippen LogP contribution in [0.4, 0.5) is 5.13 Å². The van der Waals surface area contributed by atoms with Crippen molar-refractivity contribution in [2.45, 2.75) is 46.6 Å². The topological polar surface area (TPSA) is 97.8 Å². The van der Waals surface area contributed by atoms with Crippen molar-refractivity contribution in [2.75, 3.05) is 12.4 Å². The SMILES string of the molecule is COc1c(C)c2c(c(O)c1C/C=C(\C)CCC(=O)Nc1ncc(C)s1)C(=O)OC2. The van der Waals surface area contributed by atoms with Crippen molar-refractivity contribution in [1.29, 1.82) is 0 Å². The van der Waals surface area contributed by atoms with Crippen LogP contribution < -0.4 is 10.1 Å². The predicted molar refractivity (Wildman–Crippen MR) is 111 cm³/mol. The first-order valence-electron chi connectivity index (χ1n) is 9.28. The minimum atomic E-state index is -0.515. The van der Waals surface area contributed by atoms with Crippen LogP contribution in [-0.2, 0) is 22.6 Å². The Kier molecular flexibility index (Phi) is 6.22. The molecule has 154 valence electrons. The van der Waals surface area contributed by atoms with E-state index in [1.165, 1.54) is 18.4 Å². The molecule has 29 heavy (non-hydrogen) atoms. The highest BCUT2D eigenvalue weighted by atomic mass is 32.1. The number of carbonyl (C=O) groups excluding carboxylic acids is 2. The summed E-state index contributed by atoms with van der Waals surface area (Å²) in [6.07, 6.45) is 4.95. The summed E-state index contributed by atoms with van der Waals surface area (Å²) in [5.74, 6) is -0.144. The largest absolute Gasteiger partial charge is 0.507 e. The average Bonchev–Trinajstić information content (AvgIpc) is 3.27. The van der Waals surface area contributed by atoms with Crippen LogP contribution in [0.1, 0.15) is 51.7 Å². The summed E-state index contributed by atoms with van der Waals surface area (Å²) < 4.78 is 10.6. The predicted octanol–water partition coefficient (Wildman–Crippen LogP) is 4.05. The number of aromatic hydroxyl groups is 1. The third-order valence-corrected chi connectivity index (χ3v) is 5.74. The Balaban J connectivity index is 1.69. The van der Waals surface area contributed by atoms with Gasteiger partial charge in [0.05, 0.1) is 7.11 Å². The van der Waals surface area contributed by atoms with Gasteiger partial charge in [-0.25, -0.2) is 9.78 Å². The van der Waals surface area contributed by atoms with E-state index in [0.29, 0.717) is 41.3 Å². The summed E-state index contributed by atoms with van der Waals surface area (Å²) >= 11 is 1.44. The van der Waals surface area contributed by atoms with Gasteiger partial charge in [-0.05, 0) is 39.2 Å². The van der Waals surface area contributed by atoms with Gasteiger partial charge in [0.2, 0.25) is 5.91 Å². The van der Waals surface area contributed by atoms with Gasteiger partial charge in [0.15, 0.2) is 5.13 Å². The van der Waals surface area contributed by atoms with Gasteiger partial charge < -0.3 is 19.9 Å². The molecule has 0 spiro atoms. The quantitative estimate of drug-likeness (QED) is 0.522. The second kappa shape index (κ2) is 8.65. The molecule has 1 aromatic heterocycles. The van der Waals surface area contributed by atoms with Crippen molar-refractivity contribution in [1.82, 2.24) is 4.98 Å². The number of aryl methyl sites for hydroxylation is 1. The number of anilines is 1. The molecule has 0 bridgehead atoms. The lowest BCUT2D eigenvalue weighted by Gasteiger charge is -2.15. The van der Waals surface area contributed by atoms with Crippen molar-refractivity contribution in [3.05, 3.63) is 45.0 Å². The molecule has 0 saturated heterocycles. The second-order valence-electron chi connectivity index (χ2n) is 6.99. The number of allylic oxidation sites excluding steroid dienone is 2. The highest BCUT2D eigenvalue weighted by Crippen LogP contribution is 2.42. The number of benzene rings is 1. The number of amides is 1. The number of hydrogen-bond acceptors (Lipinski definition) is 7. The number of phenolic OH excluding ortho intramolecular Hbond substituents is 1. The van der Waals surface area contributed by atoms with Crippen molar-refractivity contribution >= 4 is 28.3 Å². The van der Waals surface area contributed by atoms with Gasteiger partial charge in [-0.1, -0.05) is 11.6 Å². The number of hydrogen-bond donors (Lipinski definition) is 2. The number of nitrogens with zero attached hydrogens (tertiary/aromatic N) is 1. The summed E-state index contributed by atoms with van der Waals surface area (Å²) in [5.41, 5.74) is 3.23. The Bertz CT molecular complexity index is 993. The third-order valence-electron chi connectivity index (χ3n) is 4.92. The normalized spacial score (nSPS) is 13.2. The number of nitrogens with one attached hydrogen (secondary N) is 1. The van der Waals surface area contributed by atoms with E-state index in [1.807, 2.05) is 26.8 Å². The lowest BCUT2D eigenvalue weighted by Crippen LogP contribution is -2.10. The van der Waals surface area contributed by atoms with Gasteiger partial charge in [0, 0.05) is 28.6 Å². The van der Waals surface area contributed by atoms with E-state index in [9.17, 15) is 14.7 Å². The molecule has 8 heteroatoms. The first-order valence-corrected chi connectivity index (χ1v) is 10.1. The summed E-state index contributed by atoms with van der Waals surface area (Å²) in [6.45, 7) is 5.86. The molecule has 7 nitrogen and oxygen atoms in total. The molecule has 0 radical (unpaired) electrons. The van der Waals surface area contributed by atoms with Gasteiger partial charge in [0.25, 0.3) is 0 Å². The van der Waals surface area contributed by atoms with Gasteiger partial charge in [-0.3, -0.25) is 4.79 Å². The molecule has 0 atom stereocenters. The summed E-state index contributed by atoms with van der Waals surface area (Å²) in [7, 11) is 1.54. The number of rotatable bonds is 7. The Morgan fingerprint density at radius 1 is 1.41 bits per heavy atom. The third kappa shape index (κ3) is 4.42. The highest BCUT2D eigenvalue weighted by Gasteiger charge is 2.31. The molecule has 0 aliphatic carbocycles. The standard InChI is InChI=1S/C21H24N2O5S/c1-11(6-8-16(24)23-21-22-9-12(2)29-21)5-7-14-18(25)17-15(10-28-20(17)26)13(3)19(14)27-4/h5,9,25H,6-8,10H2,1-4H3,(H,22,23,24)/b11-5+. The summed E-state index contributed by atoms with van der Waals surface area (Å²) in [4.78, 5) is 29.2. The van der Waals surface area contributed by atoms with Crippen LogP contribution in [0.25, 0.3) is 0 Å². The zero-order valence-corrected chi connectivity index (χ0v) is 17.7. The molecule has 0 fully saturated rings. The van der Waals surface area contributed by atoms with Gasteiger partial charge >= 0.3 is 5.97 Å². The Hall–Kier alpha value is -2.87. The maximum atomic E-state index is 12.1. The fraction of sp³-hybridized carbons (Fsp3) is 0.381.